The normalized spacial score (nSPS) is 11.3. The minimum atomic E-state index is 0.963. The molecule has 0 aliphatic heterocycles. The molecule has 0 amide bonds. The lowest BCUT2D eigenvalue weighted by Crippen LogP contribution is -1.95. The van der Waals surface area contributed by atoms with Crippen LogP contribution >= 0.6 is 0 Å². The summed E-state index contributed by atoms with van der Waals surface area (Å²) in [4.78, 5) is 8.99. The molecule has 0 saturated carbocycles. The zero-order valence-corrected chi connectivity index (χ0v) is 18.7. The van der Waals surface area contributed by atoms with Crippen LogP contribution in [0.3, 0.4) is 0 Å². The lowest BCUT2D eigenvalue weighted by Gasteiger charge is -2.11. The van der Waals surface area contributed by atoms with E-state index in [-0.39, 0.29) is 0 Å². The van der Waals surface area contributed by atoms with Gasteiger partial charge in [-0.15, -0.1) is 0 Å². The molecule has 0 aliphatic rings. The van der Waals surface area contributed by atoms with Crippen molar-refractivity contribution in [2.24, 2.45) is 0 Å². The predicted octanol–water partition coefficient (Wildman–Crippen LogP) is 7.52. The van der Waals surface area contributed by atoms with E-state index in [1.54, 1.807) is 6.20 Å². The first kappa shape index (κ1) is 19.4. The Hall–Kier alpha value is -4.24. The van der Waals surface area contributed by atoms with Gasteiger partial charge in [0.25, 0.3) is 0 Å². The van der Waals surface area contributed by atoms with E-state index in [0.29, 0.717) is 0 Å². The van der Waals surface area contributed by atoms with Crippen molar-refractivity contribution in [3.8, 4) is 28.1 Å². The number of rotatable bonds is 3. The van der Waals surface area contributed by atoms with Crippen molar-refractivity contribution in [1.29, 1.82) is 0 Å². The Labute approximate surface area is 193 Å². The summed E-state index contributed by atoms with van der Waals surface area (Å²) in [5, 5.41) is 2.59. The van der Waals surface area contributed by atoms with Crippen molar-refractivity contribution in [2.75, 3.05) is 0 Å². The lowest BCUT2D eigenvalue weighted by atomic mass is 10.0. The van der Waals surface area contributed by atoms with Gasteiger partial charge in [0.1, 0.15) is 0 Å². The summed E-state index contributed by atoms with van der Waals surface area (Å²) in [6.45, 7) is 4.31. The van der Waals surface area contributed by atoms with Gasteiger partial charge in [-0.25, -0.2) is 0 Å². The summed E-state index contributed by atoms with van der Waals surface area (Å²) < 4.78 is 2.35. The molecule has 33 heavy (non-hydrogen) atoms. The molecule has 0 fully saturated rings. The molecular formula is C30H23N3. The van der Waals surface area contributed by atoms with Gasteiger partial charge in [0, 0.05) is 51.7 Å². The van der Waals surface area contributed by atoms with E-state index in [4.69, 9.17) is 4.98 Å². The van der Waals surface area contributed by atoms with Crippen LogP contribution in [0.5, 0.6) is 0 Å². The van der Waals surface area contributed by atoms with Gasteiger partial charge >= 0.3 is 0 Å². The summed E-state index contributed by atoms with van der Waals surface area (Å²) in [5.74, 6) is 0. The van der Waals surface area contributed by atoms with Crippen LogP contribution < -0.4 is 0 Å². The quantitative estimate of drug-likeness (QED) is 0.293. The maximum Gasteiger partial charge on any atom is 0.0780 e. The Morgan fingerprint density at radius 2 is 1.30 bits per heavy atom. The fourth-order valence-corrected chi connectivity index (χ4v) is 4.69. The van der Waals surface area contributed by atoms with Crippen molar-refractivity contribution < 1.29 is 0 Å². The lowest BCUT2D eigenvalue weighted by molar-refractivity contribution is 1.18. The maximum absolute atomic E-state index is 4.70. The highest BCUT2D eigenvalue weighted by atomic mass is 15.0. The van der Waals surface area contributed by atoms with Crippen LogP contribution in [0.1, 0.15) is 11.1 Å². The topological polar surface area (TPSA) is 30.7 Å². The molecule has 3 aromatic heterocycles. The van der Waals surface area contributed by atoms with E-state index in [2.05, 4.69) is 96.2 Å². The van der Waals surface area contributed by atoms with Crippen LogP contribution in [-0.2, 0) is 0 Å². The molecule has 3 nitrogen and oxygen atoms in total. The van der Waals surface area contributed by atoms with Crippen molar-refractivity contribution in [1.82, 2.24) is 14.5 Å². The minimum Gasteiger partial charge on any atom is -0.309 e. The first-order valence-electron chi connectivity index (χ1n) is 11.2. The van der Waals surface area contributed by atoms with E-state index >= 15 is 0 Å². The molecule has 0 bridgehead atoms. The Morgan fingerprint density at radius 1 is 0.636 bits per heavy atom. The van der Waals surface area contributed by atoms with E-state index < -0.39 is 0 Å². The Bertz CT molecular complexity index is 1550. The summed E-state index contributed by atoms with van der Waals surface area (Å²) in [7, 11) is 0. The zero-order valence-electron chi connectivity index (χ0n) is 18.7. The average Bonchev–Trinajstić information content (AvgIpc) is 3.17. The average molecular weight is 426 g/mol. The number of aromatic nitrogens is 3. The van der Waals surface area contributed by atoms with E-state index in [1.807, 2.05) is 24.5 Å². The third-order valence-corrected chi connectivity index (χ3v) is 6.26. The Morgan fingerprint density at radius 3 is 1.94 bits per heavy atom. The van der Waals surface area contributed by atoms with Crippen molar-refractivity contribution in [3.63, 3.8) is 0 Å². The number of benzene rings is 3. The summed E-state index contributed by atoms with van der Waals surface area (Å²) >= 11 is 0. The van der Waals surface area contributed by atoms with Gasteiger partial charge in [-0.05, 0) is 62.4 Å². The molecule has 3 aromatic carbocycles. The smallest absolute Gasteiger partial charge is 0.0780 e. The molecule has 0 saturated heterocycles. The molecule has 0 aliphatic carbocycles. The third-order valence-electron chi connectivity index (χ3n) is 6.26. The van der Waals surface area contributed by atoms with Crippen LogP contribution in [0.4, 0.5) is 0 Å². The van der Waals surface area contributed by atoms with Crippen molar-refractivity contribution >= 4 is 21.8 Å². The van der Waals surface area contributed by atoms with E-state index in [0.717, 1.165) is 28.1 Å². The van der Waals surface area contributed by atoms with Gasteiger partial charge in [0.05, 0.1) is 16.7 Å². The van der Waals surface area contributed by atoms with Gasteiger partial charge in [-0.1, -0.05) is 47.5 Å². The first-order chi connectivity index (χ1) is 16.2. The molecule has 158 valence electrons. The van der Waals surface area contributed by atoms with Gasteiger partial charge in [-0.3, -0.25) is 9.97 Å². The van der Waals surface area contributed by atoms with Crippen molar-refractivity contribution in [2.45, 2.75) is 13.8 Å². The number of aryl methyl sites for hydroxylation is 2. The first-order valence-corrected chi connectivity index (χ1v) is 11.2. The highest BCUT2D eigenvalue weighted by Gasteiger charge is 2.14. The van der Waals surface area contributed by atoms with E-state index in [1.165, 1.54) is 32.9 Å². The minimum absolute atomic E-state index is 0.963. The summed E-state index contributed by atoms with van der Waals surface area (Å²) in [6.07, 6.45) is 5.53. The highest BCUT2D eigenvalue weighted by Crippen LogP contribution is 2.35. The van der Waals surface area contributed by atoms with Crippen LogP contribution in [0, 0.1) is 13.8 Å². The van der Waals surface area contributed by atoms with E-state index in [9.17, 15) is 0 Å². The predicted molar refractivity (Wildman–Crippen MR) is 137 cm³/mol. The van der Waals surface area contributed by atoms with Gasteiger partial charge in [0.15, 0.2) is 0 Å². The second-order valence-electron chi connectivity index (χ2n) is 8.56. The molecule has 0 spiro atoms. The molecule has 0 N–H and O–H groups in total. The largest absolute Gasteiger partial charge is 0.309 e. The second kappa shape index (κ2) is 7.72. The molecule has 0 unspecified atom stereocenters. The number of pyridine rings is 2. The van der Waals surface area contributed by atoms with Gasteiger partial charge in [0.2, 0.25) is 0 Å². The van der Waals surface area contributed by atoms with Gasteiger partial charge < -0.3 is 4.57 Å². The Kier molecular flexibility index (Phi) is 4.55. The van der Waals surface area contributed by atoms with Crippen LogP contribution in [0.2, 0.25) is 0 Å². The van der Waals surface area contributed by atoms with Gasteiger partial charge in [-0.2, -0.15) is 0 Å². The SMILES string of the molecule is Cc1ccc2c(c1)c1cc(C)ccc1n2-c1ccc(-c2ncccc2-c2cccnc2)cc1. The molecule has 6 rings (SSSR count). The maximum atomic E-state index is 4.70. The van der Waals surface area contributed by atoms with Crippen molar-refractivity contribution in [3.05, 3.63) is 115 Å². The summed E-state index contributed by atoms with van der Waals surface area (Å²) in [5.41, 5.74) is 10.3. The molecule has 6 aromatic rings. The third kappa shape index (κ3) is 3.30. The molecule has 3 heterocycles. The fraction of sp³-hybridized carbons (Fsp3) is 0.0667. The zero-order chi connectivity index (χ0) is 22.4. The number of hydrogen-bond donors (Lipinski definition) is 0. The molecular weight excluding hydrogens is 402 g/mol. The Balaban J connectivity index is 1.51. The molecule has 0 radical (unpaired) electrons. The number of hydrogen-bond acceptors (Lipinski definition) is 2. The number of nitrogens with zero attached hydrogens (tertiary/aromatic N) is 3. The monoisotopic (exact) mass is 425 g/mol. The molecule has 3 heteroatoms. The highest BCUT2D eigenvalue weighted by molar-refractivity contribution is 6.09. The van der Waals surface area contributed by atoms with Crippen LogP contribution in [0.15, 0.2) is 104 Å². The standard InChI is InChI=1S/C30H23N3/c1-20-7-13-28-26(17-20)27-18-21(2)8-14-29(27)33(28)24-11-9-22(10-12-24)30-25(6-4-16-32-30)23-5-3-15-31-19-23/h3-19H,1-2H3. The second-order valence-corrected chi connectivity index (χ2v) is 8.56. The number of fused-ring (bicyclic) bond motifs is 3. The summed E-state index contributed by atoms with van der Waals surface area (Å²) in [6, 6.07) is 30.2. The molecule has 0 atom stereocenters. The van der Waals surface area contributed by atoms with Crippen LogP contribution in [-0.4, -0.2) is 14.5 Å². The fourth-order valence-electron chi connectivity index (χ4n) is 4.69. The van der Waals surface area contributed by atoms with Crippen LogP contribution in [0.25, 0.3) is 49.9 Å².